The monoisotopic (exact) mass is 383 g/mol. The molecule has 0 aliphatic heterocycles. The number of esters is 1. The lowest BCUT2D eigenvalue weighted by Gasteiger charge is -2.56. The lowest BCUT2D eigenvalue weighted by Crippen LogP contribution is -2.60. The van der Waals surface area contributed by atoms with Gasteiger partial charge < -0.3 is 14.8 Å². The van der Waals surface area contributed by atoms with Gasteiger partial charge in [-0.3, -0.25) is 4.79 Å². The van der Waals surface area contributed by atoms with E-state index in [2.05, 4.69) is 11.4 Å². The average Bonchev–Trinajstić information content (AvgIpc) is 3.11. The van der Waals surface area contributed by atoms with Crippen molar-refractivity contribution in [1.82, 2.24) is 5.32 Å². The second-order valence-electron chi connectivity index (χ2n) is 9.48. The second-order valence-corrected chi connectivity index (χ2v) is 9.48. The summed E-state index contributed by atoms with van der Waals surface area (Å²) in [5.41, 5.74) is 2.64. The summed E-state index contributed by atoms with van der Waals surface area (Å²) in [5.74, 6) is 2.34. The molecule has 1 N–H and O–H groups in total. The molecule has 0 radical (unpaired) electrons. The number of carbonyl (C=O) groups is 2. The Hall–Kier alpha value is -2.04. The van der Waals surface area contributed by atoms with Gasteiger partial charge in [-0.15, -0.1) is 0 Å². The minimum atomic E-state index is -0.499. The molecule has 0 atom stereocenters. The van der Waals surface area contributed by atoms with E-state index in [4.69, 9.17) is 9.47 Å². The molecule has 28 heavy (non-hydrogen) atoms. The summed E-state index contributed by atoms with van der Waals surface area (Å²) in [7, 11) is 0. The molecule has 5 heteroatoms. The zero-order valence-corrected chi connectivity index (χ0v) is 16.4. The van der Waals surface area contributed by atoms with E-state index in [0.29, 0.717) is 5.75 Å². The van der Waals surface area contributed by atoms with Crippen molar-refractivity contribution in [3.05, 3.63) is 29.3 Å². The highest BCUT2D eigenvalue weighted by molar-refractivity contribution is 5.81. The standard InChI is InChI=1S/C23H29NO4/c25-21(24-23-10-15-6-16(11-23)8-17(7-15)12-23)13-28-22(26)14-27-20-5-4-18-2-1-3-19(18)9-20/h4-5,9,15-17H,1-3,6-8,10-14H2,(H,24,25). The van der Waals surface area contributed by atoms with Crippen molar-refractivity contribution in [1.29, 1.82) is 0 Å². The molecule has 4 bridgehead atoms. The number of hydrogen-bond donors (Lipinski definition) is 1. The van der Waals surface area contributed by atoms with E-state index in [9.17, 15) is 9.59 Å². The van der Waals surface area contributed by atoms with Crippen molar-refractivity contribution in [2.45, 2.75) is 63.3 Å². The third-order valence-electron chi connectivity index (χ3n) is 7.23. The third-order valence-corrected chi connectivity index (χ3v) is 7.23. The maximum absolute atomic E-state index is 12.4. The quantitative estimate of drug-likeness (QED) is 0.767. The maximum Gasteiger partial charge on any atom is 0.344 e. The number of aryl methyl sites for hydroxylation is 2. The van der Waals surface area contributed by atoms with Crippen molar-refractivity contribution in [3.8, 4) is 5.75 Å². The van der Waals surface area contributed by atoms with E-state index in [1.54, 1.807) is 0 Å². The van der Waals surface area contributed by atoms with Crippen LogP contribution in [0.25, 0.3) is 0 Å². The second kappa shape index (κ2) is 7.09. The normalized spacial score (nSPS) is 32.1. The Labute approximate surface area is 166 Å². The van der Waals surface area contributed by atoms with Crippen LogP contribution in [0.2, 0.25) is 0 Å². The van der Waals surface area contributed by atoms with Crippen LogP contribution < -0.4 is 10.1 Å². The zero-order valence-electron chi connectivity index (χ0n) is 16.4. The van der Waals surface area contributed by atoms with E-state index in [1.165, 1.54) is 36.8 Å². The van der Waals surface area contributed by atoms with Crippen LogP contribution in [-0.4, -0.2) is 30.6 Å². The first kappa shape index (κ1) is 18.0. The summed E-state index contributed by atoms with van der Waals surface area (Å²) in [6, 6.07) is 5.98. The highest BCUT2D eigenvalue weighted by Crippen LogP contribution is 2.55. The van der Waals surface area contributed by atoms with Crippen molar-refractivity contribution in [2.24, 2.45) is 17.8 Å². The van der Waals surface area contributed by atoms with Crippen LogP contribution in [0.5, 0.6) is 5.75 Å². The first-order valence-electron chi connectivity index (χ1n) is 10.8. The van der Waals surface area contributed by atoms with Gasteiger partial charge in [0.25, 0.3) is 5.91 Å². The van der Waals surface area contributed by atoms with E-state index in [-0.39, 0.29) is 24.7 Å². The van der Waals surface area contributed by atoms with Crippen LogP contribution in [0.3, 0.4) is 0 Å². The number of carbonyl (C=O) groups excluding carboxylic acids is 2. The Morgan fingerprint density at radius 1 is 0.964 bits per heavy atom. The van der Waals surface area contributed by atoms with Gasteiger partial charge in [-0.2, -0.15) is 0 Å². The predicted molar refractivity (Wildman–Crippen MR) is 104 cm³/mol. The van der Waals surface area contributed by atoms with Crippen LogP contribution in [0.1, 0.15) is 56.1 Å². The van der Waals surface area contributed by atoms with Crippen LogP contribution >= 0.6 is 0 Å². The highest BCUT2D eigenvalue weighted by Gasteiger charge is 2.51. The fourth-order valence-corrected chi connectivity index (χ4v) is 6.56. The Bertz CT molecular complexity index is 752. The first-order valence-corrected chi connectivity index (χ1v) is 10.8. The number of ether oxygens (including phenoxy) is 2. The maximum atomic E-state index is 12.4. The van der Waals surface area contributed by atoms with Gasteiger partial charge in [-0.1, -0.05) is 6.07 Å². The number of hydrogen-bond acceptors (Lipinski definition) is 4. The Balaban J connectivity index is 1.08. The minimum Gasteiger partial charge on any atom is -0.482 e. The largest absolute Gasteiger partial charge is 0.482 e. The van der Waals surface area contributed by atoms with Crippen LogP contribution in [-0.2, 0) is 27.2 Å². The van der Waals surface area contributed by atoms with Crippen LogP contribution in [0, 0.1) is 17.8 Å². The molecule has 5 nitrogen and oxygen atoms in total. The SMILES string of the molecule is O=C(COC(=O)COc1ccc2c(c1)CCC2)NC12CC3CC(CC(C3)C1)C2. The number of fused-ring (bicyclic) bond motifs is 1. The molecule has 1 aromatic rings. The van der Waals surface area contributed by atoms with Crippen LogP contribution in [0.15, 0.2) is 18.2 Å². The van der Waals surface area contributed by atoms with Crippen molar-refractivity contribution < 1.29 is 19.1 Å². The molecule has 6 rings (SSSR count). The van der Waals surface area contributed by atoms with E-state index >= 15 is 0 Å². The Morgan fingerprint density at radius 2 is 1.64 bits per heavy atom. The van der Waals surface area contributed by atoms with Gasteiger partial charge in [0, 0.05) is 5.54 Å². The molecule has 5 aliphatic rings. The summed E-state index contributed by atoms with van der Waals surface area (Å²) >= 11 is 0. The number of nitrogens with one attached hydrogen (secondary N) is 1. The van der Waals surface area contributed by atoms with Crippen LogP contribution in [0.4, 0.5) is 0 Å². The smallest absolute Gasteiger partial charge is 0.344 e. The molecule has 1 amide bonds. The van der Waals surface area contributed by atoms with Gasteiger partial charge in [0.1, 0.15) is 5.75 Å². The van der Waals surface area contributed by atoms with Crippen molar-refractivity contribution in [2.75, 3.05) is 13.2 Å². The van der Waals surface area contributed by atoms with Gasteiger partial charge in [0.2, 0.25) is 0 Å². The topological polar surface area (TPSA) is 64.6 Å². The average molecular weight is 383 g/mol. The van der Waals surface area contributed by atoms with Gasteiger partial charge in [-0.25, -0.2) is 4.79 Å². The summed E-state index contributed by atoms with van der Waals surface area (Å²) in [6.07, 6.45) is 10.7. The molecule has 150 valence electrons. The molecule has 4 fully saturated rings. The molecular weight excluding hydrogens is 354 g/mol. The molecule has 0 unspecified atom stereocenters. The fourth-order valence-electron chi connectivity index (χ4n) is 6.56. The molecule has 4 saturated carbocycles. The summed E-state index contributed by atoms with van der Waals surface area (Å²) < 4.78 is 10.7. The summed E-state index contributed by atoms with van der Waals surface area (Å²) in [5, 5.41) is 3.22. The fraction of sp³-hybridized carbons (Fsp3) is 0.652. The molecule has 0 saturated heterocycles. The van der Waals surface area contributed by atoms with E-state index in [0.717, 1.165) is 49.9 Å². The summed E-state index contributed by atoms with van der Waals surface area (Å²) in [6.45, 7) is -0.377. The molecule has 0 spiro atoms. The van der Waals surface area contributed by atoms with E-state index in [1.807, 2.05) is 12.1 Å². The minimum absolute atomic E-state index is 0.0425. The van der Waals surface area contributed by atoms with Crippen molar-refractivity contribution in [3.63, 3.8) is 0 Å². The Morgan fingerprint density at radius 3 is 2.36 bits per heavy atom. The third kappa shape index (κ3) is 3.63. The molecule has 5 aliphatic carbocycles. The lowest BCUT2D eigenvalue weighted by atomic mass is 9.53. The molecule has 0 aromatic heterocycles. The number of amides is 1. The van der Waals surface area contributed by atoms with Crippen molar-refractivity contribution >= 4 is 11.9 Å². The number of benzene rings is 1. The zero-order chi connectivity index (χ0) is 19.1. The predicted octanol–water partition coefficient (Wildman–Crippen LogP) is 3.18. The Kier molecular flexibility index (Phi) is 4.56. The molecule has 0 heterocycles. The lowest BCUT2D eigenvalue weighted by molar-refractivity contribution is -0.151. The van der Waals surface area contributed by atoms with Gasteiger partial charge >= 0.3 is 5.97 Å². The van der Waals surface area contributed by atoms with Gasteiger partial charge in [-0.05, 0) is 98.8 Å². The summed E-state index contributed by atoms with van der Waals surface area (Å²) in [4.78, 5) is 24.4. The van der Waals surface area contributed by atoms with Gasteiger partial charge in [0.15, 0.2) is 13.2 Å². The van der Waals surface area contributed by atoms with Gasteiger partial charge in [0.05, 0.1) is 0 Å². The molecular formula is C23H29NO4. The molecule has 1 aromatic carbocycles. The van der Waals surface area contributed by atoms with E-state index < -0.39 is 5.97 Å². The number of rotatable bonds is 6. The highest BCUT2D eigenvalue weighted by atomic mass is 16.6. The first-order chi connectivity index (χ1) is 13.6.